The van der Waals surface area contributed by atoms with E-state index in [0.717, 1.165) is 38.0 Å². The Labute approximate surface area is 120 Å². The minimum atomic E-state index is -0.183. The van der Waals surface area contributed by atoms with Crippen LogP contribution >= 0.6 is 0 Å². The van der Waals surface area contributed by atoms with Crippen LogP contribution in [0.2, 0.25) is 0 Å². The second kappa shape index (κ2) is 7.09. The fraction of sp³-hybridized carbons (Fsp3) is 0.438. The van der Waals surface area contributed by atoms with Crippen molar-refractivity contribution in [1.82, 2.24) is 4.90 Å². The molecule has 1 atom stereocenters. The number of carbonyl (C=O) groups excluding carboxylic acids is 1. The normalized spacial score (nSPS) is 19.1. The van der Waals surface area contributed by atoms with Gasteiger partial charge in [-0.05, 0) is 37.1 Å². The third kappa shape index (κ3) is 4.09. The molecule has 0 radical (unpaired) electrons. The maximum atomic E-state index is 11.3. The molecule has 4 heteroatoms. The molecule has 0 saturated carbocycles. The zero-order chi connectivity index (χ0) is 14.4. The number of likely N-dealkylation sites (tertiary alicyclic amines) is 1. The van der Waals surface area contributed by atoms with Gasteiger partial charge in [0.1, 0.15) is 0 Å². The predicted octanol–water partition coefficient (Wildman–Crippen LogP) is 0.694. The number of carbonyl (C=O) groups is 1. The Bertz CT molecular complexity index is 530. The fourth-order valence-corrected chi connectivity index (χ4v) is 2.59. The maximum absolute atomic E-state index is 11.3. The summed E-state index contributed by atoms with van der Waals surface area (Å²) < 4.78 is 0. The van der Waals surface area contributed by atoms with Crippen LogP contribution in [0.4, 0.5) is 0 Å². The summed E-state index contributed by atoms with van der Waals surface area (Å²) in [5, 5.41) is 0. The highest BCUT2D eigenvalue weighted by Crippen LogP contribution is 2.18. The van der Waals surface area contributed by atoms with E-state index in [0.29, 0.717) is 6.54 Å². The number of primary amides is 1. The molecule has 1 heterocycles. The summed E-state index contributed by atoms with van der Waals surface area (Å²) in [4.78, 5) is 13.6. The van der Waals surface area contributed by atoms with Crippen molar-refractivity contribution in [2.24, 2.45) is 17.4 Å². The minimum Gasteiger partial charge on any atom is -0.369 e. The number of amides is 1. The maximum Gasteiger partial charge on any atom is 0.221 e. The summed E-state index contributed by atoms with van der Waals surface area (Å²) in [6.07, 6.45) is 1.94. The van der Waals surface area contributed by atoms with Crippen molar-refractivity contribution in [3.05, 3.63) is 35.4 Å². The van der Waals surface area contributed by atoms with Crippen LogP contribution in [0, 0.1) is 17.8 Å². The van der Waals surface area contributed by atoms with Crippen LogP contribution < -0.4 is 11.5 Å². The molecule has 1 aliphatic heterocycles. The second-order valence-electron chi connectivity index (χ2n) is 5.18. The number of rotatable bonds is 3. The van der Waals surface area contributed by atoms with Crippen LogP contribution in [0.15, 0.2) is 24.3 Å². The summed E-state index contributed by atoms with van der Waals surface area (Å²) in [5.41, 5.74) is 13.0. The average molecular weight is 271 g/mol. The van der Waals surface area contributed by atoms with Crippen molar-refractivity contribution in [3.8, 4) is 11.8 Å². The lowest BCUT2D eigenvalue weighted by molar-refractivity contribution is -0.123. The van der Waals surface area contributed by atoms with Crippen molar-refractivity contribution < 1.29 is 4.79 Å². The second-order valence-corrected chi connectivity index (χ2v) is 5.18. The number of nitrogens with zero attached hydrogens (tertiary/aromatic N) is 1. The molecule has 1 fully saturated rings. The molecule has 0 bridgehead atoms. The third-order valence-electron chi connectivity index (χ3n) is 3.58. The van der Waals surface area contributed by atoms with Gasteiger partial charge in [-0.2, -0.15) is 0 Å². The summed E-state index contributed by atoms with van der Waals surface area (Å²) >= 11 is 0. The Morgan fingerprint density at radius 3 is 3.05 bits per heavy atom. The first-order chi connectivity index (χ1) is 9.69. The van der Waals surface area contributed by atoms with Gasteiger partial charge in [-0.25, -0.2) is 0 Å². The van der Waals surface area contributed by atoms with E-state index in [9.17, 15) is 4.79 Å². The molecule has 0 aliphatic carbocycles. The Morgan fingerprint density at radius 2 is 2.30 bits per heavy atom. The monoisotopic (exact) mass is 271 g/mol. The van der Waals surface area contributed by atoms with Crippen LogP contribution in [-0.2, 0) is 11.3 Å². The number of nitrogens with two attached hydrogens (primary N) is 2. The summed E-state index contributed by atoms with van der Waals surface area (Å²) in [5.74, 6) is 5.71. The van der Waals surface area contributed by atoms with Crippen LogP contribution in [0.5, 0.6) is 0 Å². The van der Waals surface area contributed by atoms with Gasteiger partial charge in [0.2, 0.25) is 5.91 Å². The van der Waals surface area contributed by atoms with Crippen LogP contribution in [0.1, 0.15) is 24.0 Å². The minimum absolute atomic E-state index is 0.0102. The molecular weight excluding hydrogens is 250 g/mol. The van der Waals surface area contributed by atoms with Gasteiger partial charge in [-0.1, -0.05) is 24.0 Å². The molecule has 1 aromatic rings. The highest BCUT2D eigenvalue weighted by Gasteiger charge is 2.23. The molecule has 1 saturated heterocycles. The van der Waals surface area contributed by atoms with Crippen molar-refractivity contribution in [2.75, 3.05) is 19.6 Å². The first-order valence-electron chi connectivity index (χ1n) is 6.98. The van der Waals surface area contributed by atoms with Crippen LogP contribution in [-0.4, -0.2) is 30.4 Å². The lowest BCUT2D eigenvalue weighted by atomic mass is 9.97. The zero-order valence-corrected chi connectivity index (χ0v) is 11.6. The van der Waals surface area contributed by atoms with E-state index in [1.807, 2.05) is 12.1 Å². The Balaban J connectivity index is 2.00. The molecule has 0 aromatic heterocycles. The molecule has 1 unspecified atom stereocenters. The van der Waals surface area contributed by atoms with Gasteiger partial charge in [-0.3, -0.25) is 9.69 Å². The van der Waals surface area contributed by atoms with Gasteiger partial charge in [0.05, 0.1) is 12.5 Å². The van der Waals surface area contributed by atoms with Gasteiger partial charge >= 0.3 is 0 Å². The van der Waals surface area contributed by atoms with E-state index in [-0.39, 0.29) is 11.8 Å². The molecule has 4 nitrogen and oxygen atoms in total. The molecular formula is C16H21N3O. The average Bonchev–Trinajstić information content (AvgIpc) is 2.46. The first kappa shape index (κ1) is 14.6. The predicted molar refractivity (Wildman–Crippen MR) is 79.6 cm³/mol. The van der Waals surface area contributed by atoms with Crippen molar-refractivity contribution in [1.29, 1.82) is 0 Å². The number of hydrogen-bond donors (Lipinski definition) is 2. The SMILES string of the molecule is NCC#Cc1cccc(CN2CCCC(C(N)=O)C2)c1. The third-order valence-corrected chi connectivity index (χ3v) is 3.58. The standard InChI is InChI=1S/C16H21N3O/c17-8-2-6-13-4-1-5-14(10-13)11-19-9-3-7-15(12-19)16(18)20/h1,4-5,10,15H,3,7-9,11-12,17H2,(H2,18,20). The van der Waals surface area contributed by atoms with Gasteiger partial charge in [0, 0.05) is 18.7 Å². The van der Waals surface area contributed by atoms with E-state index >= 15 is 0 Å². The zero-order valence-electron chi connectivity index (χ0n) is 11.6. The Hall–Kier alpha value is -1.83. The molecule has 20 heavy (non-hydrogen) atoms. The molecule has 1 aromatic carbocycles. The smallest absolute Gasteiger partial charge is 0.221 e. The Morgan fingerprint density at radius 1 is 1.45 bits per heavy atom. The largest absolute Gasteiger partial charge is 0.369 e. The van der Waals surface area contributed by atoms with Crippen LogP contribution in [0.3, 0.4) is 0 Å². The van der Waals surface area contributed by atoms with Crippen molar-refractivity contribution in [2.45, 2.75) is 19.4 Å². The molecule has 2 rings (SSSR count). The fourth-order valence-electron chi connectivity index (χ4n) is 2.59. The number of benzene rings is 1. The lowest BCUT2D eigenvalue weighted by Gasteiger charge is -2.31. The lowest BCUT2D eigenvalue weighted by Crippen LogP contribution is -2.40. The van der Waals surface area contributed by atoms with Crippen molar-refractivity contribution in [3.63, 3.8) is 0 Å². The number of hydrogen-bond acceptors (Lipinski definition) is 3. The van der Waals surface area contributed by atoms with Gasteiger partial charge in [-0.15, -0.1) is 0 Å². The highest BCUT2D eigenvalue weighted by molar-refractivity contribution is 5.76. The molecule has 1 amide bonds. The van der Waals surface area contributed by atoms with Gasteiger partial charge < -0.3 is 11.5 Å². The number of piperidine rings is 1. The first-order valence-corrected chi connectivity index (χ1v) is 6.98. The van der Waals surface area contributed by atoms with Gasteiger partial charge in [0.25, 0.3) is 0 Å². The van der Waals surface area contributed by atoms with E-state index in [2.05, 4.69) is 28.9 Å². The highest BCUT2D eigenvalue weighted by atomic mass is 16.1. The van der Waals surface area contributed by atoms with Crippen molar-refractivity contribution >= 4 is 5.91 Å². The van der Waals surface area contributed by atoms with E-state index in [4.69, 9.17) is 11.5 Å². The van der Waals surface area contributed by atoms with Crippen LogP contribution in [0.25, 0.3) is 0 Å². The van der Waals surface area contributed by atoms with E-state index in [1.165, 1.54) is 5.56 Å². The van der Waals surface area contributed by atoms with E-state index in [1.54, 1.807) is 0 Å². The quantitative estimate of drug-likeness (QED) is 0.795. The molecule has 106 valence electrons. The molecule has 1 aliphatic rings. The molecule has 0 spiro atoms. The summed E-state index contributed by atoms with van der Waals surface area (Å²) in [6, 6.07) is 8.15. The summed E-state index contributed by atoms with van der Waals surface area (Å²) in [7, 11) is 0. The summed E-state index contributed by atoms with van der Waals surface area (Å²) in [6.45, 7) is 2.98. The van der Waals surface area contributed by atoms with Gasteiger partial charge in [0.15, 0.2) is 0 Å². The topological polar surface area (TPSA) is 72.3 Å². The van der Waals surface area contributed by atoms with E-state index < -0.39 is 0 Å². The molecule has 4 N–H and O–H groups in total. The Kier molecular flexibility index (Phi) is 5.16.